The molecule has 0 amide bonds. The van der Waals surface area contributed by atoms with E-state index in [2.05, 4.69) is 24.3 Å². The van der Waals surface area contributed by atoms with Crippen LogP contribution in [0.3, 0.4) is 0 Å². The molecular weight excluding hydrogens is 364 g/mol. The fourth-order valence-electron chi connectivity index (χ4n) is 3.46. The van der Waals surface area contributed by atoms with Crippen molar-refractivity contribution in [1.29, 1.82) is 0 Å². The van der Waals surface area contributed by atoms with Gasteiger partial charge in [-0.15, -0.1) is 17.3 Å². The number of allylic oxidation sites excluding steroid dienone is 1. The van der Waals surface area contributed by atoms with Crippen LogP contribution < -0.4 is 0 Å². The van der Waals surface area contributed by atoms with Crippen molar-refractivity contribution in [2.75, 3.05) is 7.11 Å². The predicted molar refractivity (Wildman–Crippen MR) is 110 cm³/mol. The highest BCUT2D eigenvalue weighted by Crippen LogP contribution is 2.39. The van der Waals surface area contributed by atoms with E-state index in [1.165, 1.54) is 7.11 Å². The van der Waals surface area contributed by atoms with Gasteiger partial charge in [0, 0.05) is 17.7 Å². The highest BCUT2D eigenvalue weighted by Gasteiger charge is 2.39. The van der Waals surface area contributed by atoms with Crippen molar-refractivity contribution in [1.82, 2.24) is 0 Å². The summed E-state index contributed by atoms with van der Waals surface area (Å²) in [5.41, 5.74) is 3.08. The normalized spacial score (nSPS) is 27.2. The minimum absolute atomic E-state index is 0.0614. The summed E-state index contributed by atoms with van der Waals surface area (Å²) in [7, 11) is 1.38. The highest BCUT2D eigenvalue weighted by atomic mass is 35.5. The molecule has 1 fully saturated rings. The number of methoxy groups -OCH3 is 1. The van der Waals surface area contributed by atoms with Gasteiger partial charge in [-0.25, -0.2) is 0 Å². The van der Waals surface area contributed by atoms with Crippen LogP contribution in [0.25, 0.3) is 0 Å². The number of halogens is 1. The Kier molecular flexibility index (Phi) is 11.7. The average molecular weight is 399 g/mol. The van der Waals surface area contributed by atoms with E-state index in [4.69, 9.17) is 11.6 Å². The summed E-state index contributed by atoms with van der Waals surface area (Å²) < 4.78 is 4.59. The number of aliphatic hydroxyl groups excluding tert-OH is 2. The van der Waals surface area contributed by atoms with Crippen LogP contribution >= 0.6 is 11.6 Å². The van der Waals surface area contributed by atoms with Crippen molar-refractivity contribution in [2.45, 2.75) is 76.4 Å². The van der Waals surface area contributed by atoms with Crippen molar-refractivity contribution in [3.05, 3.63) is 30.0 Å². The number of aliphatic hydroxyl groups is 2. The Bertz CT molecular complexity index is 524. The third-order valence-electron chi connectivity index (χ3n) is 5.34. The molecule has 0 aromatic carbocycles. The molecule has 2 N–H and O–H groups in total. The fourth-order valence-corrected chi connectivity index (χ4v) is 3.91. The van der Waals surface area contributed by atoms with Gasteiger partial charge in [-0.05, 0) is 49.7 Å². The van der Waals surface area contributed by atoms with Crippen LogP contribution in [0.2, 0.25) is 0 Å². The van der Waals surface area contributed by atoms with Crippen molar-refractivity contribution in [3.63, 3.8) is 0 Å². The first-order valence-electron chi connectivity index (χ1n) is 10.0. The minimum Gasteiger partial charge on any atom is -0.469 e. The van der Waals surface area contributed by atoms with Gasteiger partial charge < -0.3 is 14.9 Å². The summed E-state index contributed by atoms with van der Waals surface area (Å²) in [6.07, 6.45) is 11.9. The van der Waals surface area contributed by atoms with Crippen LogP contribution in [0, 0.1) is 17.8 Å². The maximum atomic E-state index is 11.1. The van der Waals surface area contributed by atoms with Crippen molar-refractivity contribution in [2.24, 2.45) is 17.8 Å². The Hall–Kier alpha value is -1.06. The van der Waals surface area contributed by atoms with E-state index < -0.39 is 12.2 Å². The van der Waals surface area contributed by atoms with Gasteiger partial charge in [0.25, 0.3) is 0 Å². The monoisotopic (exact) mass is 398 g/mol. The molecule has 1 aliphatic carbocycles. The van der Waals surface area contributed by atoms with Gasteiger partial charge in [-0.1, -0.05) is 38.8 Å². The summed E-state index contributed by atoms with van der Waals surface area (Å²) in [5, 5.41) is 20.6. The van der Waals surface area contributed by atoms with Gasteiger partial charge in [0.15, 0.2) is 0 Å². The quantitative estimate of drug-likeness (QED) is 0.234. The number of hydrogen-bond donors (Lipinski definition) is 2. The van der Waals surface area contributed by atoms with E-state index in [1.807, 2.05) is 24.3 Å². The lowest BCUT2D eigenvalue weighted by molar-refractivity contribution is -0.140. The smallest absolute Gasteiger partial charge is 0.305 e. The first kappa shape index (κ1) is 24.0. The van der Waals surface area contributed by atoms with Crippen molar-refractivity contribution >= 4 is 17.6 Å². The Labute approximate surface area is 168 Å². The summed E-state index contributed by atoms with van der Waals surface area (Å²) in [5.74, 6) is 0.0264. The topological polar surface area (TPSA) is 66.8 Å². The van der Waals surface area contributed by atoms with Crippen LogP contribution in [0.15, 0.2) is 30.0 Å². The van der Waals surface area contributed by atoms with Gasteiger partial charge in [-0.3, -0.25) is 4.79 Å². The maximum absolute atomic E-state index is 11.1. The van der Waals surface area contributed by atoms with E-state index in [0.29, 0.717) is 25.7 Å². The molecule has 0 aliphatic heterocycles. The summed E-state index contributed by atoms with van der Waals surface area (Å²) >= 11 is 6.44. The standard InChI is InChI=1S/C22H35ClO4/c1-4-5-10-16(2)20(24)14-13-18-17(19(23)15-21(18)25)11-8-6-7-9-12-22(26)27-3/h7-8,13-14,16-21,24-25H,4-5,9-12,15H2,1-3H3/t6?,16?,17-,18-,19-,20?,21-/m1/s1. The molecule has 0 spiro atoms. The highest BCUT2D eigenvalue weighted by molar-refractivity contribution is 6.21. The predicted octanol–water partition coefficient (Wildman–Crippen LogP) is 4.39. The Balaban J connectivity index is 2.60. The summed E-state index contributed by atoms with van der Waals surface area (Å²) in [6, 6.07) is 0. The number of carbonyl (C=O) groups excluding carboxylic acids is 1. The van der Waals surface area contributed by atoms with Gasteiger partial charge in [-0.2, -0.15) is 0 Å². The van der Waals surface area contributed by atoms with Crippen LogP contribution in [0.5, 0.6) is 0 Å². The Morgan fingerprint density at radius 2 is 2.15 bits per heavy atom. The van der Waals surface area contributed by atoms with Crippen LogP contribution in [-0.4, -0.2) is 40.9 Å². The van der Waals surface area contributed by atoms with E-state index in [-0.39, 0.29) is 29.1 Å². The maximum Gasteiger partial charge on any atom is 0.305 e. The molecule has 0 bridgehead atoms. The molecule has 4 nitrogen and oxygen atoms in total. The first-order chi connectivity index (χ1) is 12.9. The SMILES string of the molecule is CCCCC(C)C(O)C=C[C@@H]1[C@@H](CC=C=CCCC(=O)OC)[C@H](Cl)C[C@H]1O. The number of alkyl halides is 1. The Morgan fingerprint density at radius 1 is 1.41 bits per heavy atom. The lowest BCUT2D eigenvalue weighted by Crippen LogP contribution is -2.20. The molecule has 0 aromatic rings. The van der Waals surface area contributed by atoms with Crippen LogP contribution in [0.4, 0.5) is 0 Å². The number of rotatable bonds is 11. The van der Waals surface area contributed by atoms with Crippen molar-refractivity contribution in [3.8, 4) is 0 Å². The third-order valence-corrected chi connectivity index (χ3v) is 5.84. The number of ether oxygens (including phenoxy) is 1. The molecule has 0 radical (unpaired) electrons. The molecule has 154 valence electrons. The van der Waals surface area contributed by atoms with Gasteiger partial charge in [0.05, 0.1) is 19.3 Å². The molecule has 0 saturated heterocycles. The average Bonchev–Trinajstić information content (AvgIpc) is 2.92. The summed E-state index contributed by atoms with van der Waals surface area (Å²) in [4.78, 5) is 11.1. The first-order valence-corrected chi connectivity index (χ1v) is 10.5. The largest absolute Gasteiger partial charge is 0.469 e. The van der Waals surface area contributed by atoms with Gasteiger partial charge in [0.2, 0.25) is 0 Å². The number of esters is 1. The van der Waals surface area contributed by atoms with E-state index in [1.54, 1.807) is 0 Å². The second kappa shape index (κ2) is 13.2. The van der Waals surface area contributed by atoms with Crippen LogP contribution in [0.1, 0.15) is 58.8 Å². The van der Waals surface area contributed by atoms with Gasteiger partial charge >= 0.3 is 5.97 Å². The molecule has 1 saturated carbocycles. The molecule has 6 atom stereocenters. The lowest BCUT2D eigenvalue weighted by atomic mass is 9.89. The molecule has 27 heavy (non-hydrogen) atoms. The number of unbranched alkanes of at least 4 members (excludes halogenated alkanes) is 1. The number of hydrogen-bond acceptors (Lipinski definition) is 4. The zero-order valence-corrected chi connectivity index (χ0v) is 17.6. The summed E-state index contributed by atoms with van der Waals surface area (Å²) in [6.45, 7) is 4.20. The zero-order chi connectivity index (χ0) is 20.2. The van der Waals surface area contributed by atoms with E-state index >= 15 is 0 Å². The zero-order valence-electron chi connectivity index (χ0n) is 16.8. The van der Waals surface area contributed by atoms with E-state index in [9.17, 15) is 15.0 Å². The molecule has 0 aromatic heterocycles. The second-order valence-electron chi connectivity index (χ2n) is 7.48. The van der Waals surface area contributed by atoms with Crippen molar-refractivity contribution < 1.29 is 19.7 Å². The molecule has 5 heteroatoms. The van der Waals surface area contributed by atoms with Crippen LogP contribution in [-0.2, 0) is 9.53 Å². The van der Waals surface area contributed by atoms with E-state index in [0.717, 1.165) is 19.3 Å². The second-order valence-corrected chi connectivity index (χ2v) is 8.04. The molecular formula is C22H35ClO4. The molecule has 0 heterocycles. The molecule has 1 rings (SSSR count). The molecule has 1 aliphatic rings. The minimum atomic E-state index is -0.493. The lowest BCUT2D eigenvalue weighted by Gasteiger charge is -2.20. The number of carbonyl (C=O) groups is 1. The third kappa shape index (κ3) is 8.66. The molecule has 2 unspecified atom stereocenters. The van der Waals surface area contributed by atoms with Gasteiger partial charge in [0.1, 0.15) is 0 Å². The fraction of sp³-hybridized carbons (Fsp3) is 0.727. The Morgan fingerprint density at radius 3 is 2.81 bits per heavy atom.